The van der Waals surface area contributed by atoms with E-state index in [1.54, 1.807) is 0 Å². The fraction of sp³-hybridized carbons (Fsp3) is 0.833. The molecule has 0 spiro atoms. The van der Waals surface area contributed by atoms with E-state index in [9.17, 15) is 0 Å². The van der Waals surface area contributed by atoms with Crippen LogP contribution in [0.2, 0.25) is 0 Å². The molecule has 14 heavy (non-hydrogen) atoms. The molecule has 1 aliphatic heterocycles. The van der Waals surface area contributed by atoms with Crippen LogP contribution in [0.25, 0.3) is 0 Å². The summed E-state index contributed by atoms with van der Waals surface area (Å²) in [6.45, 7) is 11.6. The first-order valence-corrected chi connectivity index (χ1v) is 5.83. The smallest absolute Gasteiger partial charge is 0.0132 e. The van der Waals surface area contributed by atoms with Crippen molar-refractivity contribution in [2.24, 2.45) is 0 Å². The van der Waals surface area contributed by atoms with Crippen LogP contribution in [-0.2, 0) is 0 Å². The second kappa shape index (κ2) is 6.20. The van der Waals surface area contributed by atoms with Crippen molar-refractivity contribution in [3.05, 3.63) is 12.7 Å². The summed E-state index contributed by atoms with van der Waals surface area (Å²) in [6, 6.07) is 1.54. The fourth-order valence-corrected chi connectivity index (χ4v) is 2.33. The SMILES string of the molecule is C=CCNCCN1C(C)CCCC1C. The summed E-state index contributed by atoms with van der Waals surface area (Å²) in [5, 5.41) is 3.36. The maximum Gasteiger partial charge on any atom is 0.0132 e. The van der Waals surface area contributed by atoms with Gasteiger partial charge >= 0.3 is 0 Å². The first-order valence-electron chi connectivity index (χ1n) is 5.83. The molecular weight excluding hydrogens is 172 g/mol. The molecule has 0 bridgehead atoms. The van der Waals surface area contributed by atoms with E-state index in [0.717, 1.165) is 25.2 Å². The summed E-state index contributed by atoms with van der Waals surface area (Å²) >= 11 is 0. The van der Waals surface area contributed by atoms with Crippen LogP contribution in [0.5, 0.6) is 0 Å². The van der Waals surface area contributed by atoms with Crippen LogP contribution in [0.1, 0.15) is 33.1 Å². The molecule has 0 radical (unpaired) electrons. The van der Waals surface area contributed by atoms with Crippen molar-refractivity contribution in [2.45, 2.75) is 45.2 Å². The van der Waals surface area contributed by atoms with E-state index in [1.807, 2.05) is 6.08 Å². The van der Waals surface area contributed by atoms with Crippen LogP contribution in [0.15, 0.2) is 12.7 Å². The number of piperidine rings is 1. The summed E-state index contributed by atoms with van der Waals surface area (Å²) in [6.07, 6.45) is 6.06. The topological polar surface area (TPSA) is 15.3 Å². The number of hydrogen-bond donors (Lipinski definition) is 1. The molecule has 1 saturated heterocycles. The maximum absolute atomic E-state index is 3.70. The highest BCUT2D eigenvalue weighted by molar-refractivity contribution is 4.80. The molecule has 1 heterocycles. The second-order valence-electron chi connectivity index (χ2n) is 4.36. The van der Waals surface area contributed by atoms with Gasteiger partial charge in [0.2, 0.25) is 0 Å². The van der Waals surface area contributed by atoms with Gasteiger partial charge in [-0.25, -0.2) is 0 Å². The molecule has 2 nitrogen and oxygen atoms in total. The maximum atomic E-state index is 3.70. The van der Waals surface area contributed by atoms with Gasteiger partial charge in [0, 0.05) is 31.7 Å². The lowest BCUT2D eigenvalue weighted by Crippen LogP contribution is -2.46. The molecule has 82 valence electrons. The molecule has 0 aromatic carbocycles. The zero-order chi connectivity index (χ0) is 10.4. The van der Waals surface area contributed by atoms with Crippen LogP contribution in [-0.4, -0.2) is 36.6 Å². The highest BCUT2D eigenvalue weighted by Gasteiger charge is 2.23. The third kappa shape index (κ3) is 3.43. The van der Waals surface area contributed by atoms with E-state index in [-0.39, 0.29) is 0 Å². The van der Waals surface area contributed by atoms with Crippen molar-refractivity contribution in [3.63, 3.8) is 0 Å². The number of nitrogens with one attached hydrogen (secondary N) is 1. The Balaban J connectivity index is 2.22. The molecule has 1 N–H and O–H groups in total. The van der Waals surface area contributed by atoms with Gasteiger partial charge in [0.15, 0.2) is 0 Å². The minimum Gasteiger partial charge on any atom is -0.312 e. The van der Waals surface area contributed by atoms with E-state index in [4.69, 9.17) is 0 Å². The van der Waals surface area contributed by atoms with Crippen molar-refractivity contribution in [1.82, 2.24) is 10.2 Å². The number of rotatable bonds is 5. The quantitative estimate of drug-likeness (QED) is 0.534. The predicted octanol–water partition coefficient (Wildman–Crippen LogP) is 2.02. The predicted molar refractivity (Wildman–Crippen MR) is 62.5 cm³/mol. The van der Waals surface area contributed by atoms with Crippen LogP contribution in [0.4, 0.5) is 0 Å². The molecule has 0 amide bonds. The summed E-state index contributed by atoms with van der Waals surface area (Å²) in [7, 11) is 0. The molecule has 1 rings (SSSR count). The van der Waals surface area contributed by atoms with Gasteiger partial charge in [-0.15, -0.1) is 6.58 Å². The lowest BCUT2D eigenvalue weighted by atomic mass is 9.98. The average molecular weight is 196 g/mol. The van der Waals surface area contributed by atoms with E-state index in [0.29, 0.717) is 0 Å². The van der Waals surface area contributed by atoms with Gasteiger partial charge in [0.25, 0.3) is 0 Å². The van der Waals surface area contributed by atoms with Crippen molar-refractivity contribution in [2.75, 3.05) is 19.6 Å². The minimum atomic E-state index is 0.768. The Bertz CT molecular complexity index is 158. The molecule has 1 aliphatic rings. The molecule has 2 heteroatoms. The van der Waals surface area contributed by atoms with Crippen molar-refractivity contribution in [1.29, 1.82) is 0 Å². The Morgan fingerprint density at radius 3 is 2.57 bits per heavy atom. The number of hydrogen-bond acceptors (Lipinski definition) is 2. The Morgan fingerprint density at radius 2 is 2.00 bits per heavy atom. The standard InChI is InChI=1S/C12H24N2/c1-4-8-13-9-10-14-11(2)6-5-7-12(14)3/h4,11-13H,1,5-10H2,2-3H3. The Labute approximate surface area is 88.4 Å². The summed E-state index contributed by atoms with van der Waals surface area (Å²) in [5.41, 5.74) is 0. The van der Waals surface area contributed by atoms with E-state index >= 15 is 0 Å². The molecule has 2 unspecified atom stereocenters. The monoisotopic (exact) mass is 196 g/mol. The minimum absolute atomic E-state index is 0.768. The molecule has 0 aromatic heterocycles. The third-order valence-corrected chi connectivity index (χ3v) is 3.21. The largest absolute Gasteiger partial charge is 0.312 e. The van der Waals surface area contributed by atoms with E-state index in [1.165, 1.54) is 25.8 Å². The lowest BCUT2D eigenvalue weighted by Gasteiger charge is -2.39. The third-order valence-electron chi connectivity index (χ3n) is 3.21. The van der Waals surface area contributed by atoms with Crippen LogP contribution in [0, 0.1) is 0 Å². The molecular formula is C12H24N2. The second-order valence-corrected chi connectivity index (χ2v) is 4.36. The van der Waals surface area contributed by atoms with Crippen LogP contribution < -0.4 is 5.32 Å². The van der Waals surface area contributed by atoms with Gasteiger partial charge in [0.1, 0.15) is 0 Å². The average Bonchev–Trinajstić information content (AvgIpc) is 2.16. The Morgan fingerprint density at radius 1 is 1.36 bits per heavy atom. The van der Waals surface area contributed by atoms with Gasteiger partial charge in [-0.1, -0.05) is 12.5 Å². The zero-order valence-electron chi connectivity index (χ0n) is 9.63. The summed E-state index contributed by atoms with van der Waals surface area (Å²) in [5.74, 6) is 0. The van der Waals surface area contributed by atoms with Crippen molar-refractivity contribution in [3.8, 4) is 0 Å². The Kier molecular flexibility index (Phi) is 5.20. The normalized spacial score (nSPS) is 29.0. The van der Waals surface area contributed by atoms with Crippen LogP contribution in [0.3, 0.4) is 0 Å². The van der Waals surface area contributed by atoms with Gasteiger partial charge in [0.05, 0.1) is 0 Å². The number of nitrogens with zero attached hydrogens (tertiary/aromatic N) is 1. The van der Waals surface area contributed by atoms with Crippen molar-refractivity contribution < 1.29 is 0 Å². The molecule has 0 aliphatic carbocycles. The molecule has 1 fully saturated rings. The molecule has 0 aromatic rings. The highest BCUT2D eigenvalue weighted by atomic mass is 15.2. The number of likely N-dealkylation sites (tertiary alicyclic amines) is 1. The molecule has 2 atom stereocenters. The Hall–Kier alpha value is -0.340. The molecule has 0 saturated carbocycles. The fourth-order valence-electron chi connectivity index (χ4n) is 2.33. The lowest BCUT2D eigenvalue weighted by molar-refractivity contribution is 0.105. The highest BCUT2D eigenvalue weighted by Crippen LogP contribution is 2.21. The summed E-state index contributed by atoms with van der Waals surface area (Å²) in [4.78, 5) is 2.62. The first kappa shape index (κ1) is 11.7. The summed E-state index contributed by atoms with van der Waals surface area (Å²) < 4.78 is 0. The zero-order valence-corrected chi connectivity index (χ0v) is 9.63. The van der Waals surface area contributed by atoms with Gasteiger partial charge < -0.3 is 5.32 Å². The van der Waals surface area contributed by atoms with Gasteiger partial charge in [-0.2, -0.15) is 0 Å². The van der Waals surface area contributed by atoms with E-state index < -0.39 is 0 Å². The van der Waals surface area contributed by atoms with Gasteiger partial charge in [-0.3, -0.25) is 4.90 Å². The first-order chi connectivity index (χ1) is 6.75. The van der Waals surface area contributed by atoms with E-state index in [2.05, 4.69) is 30.6 Å². The van der Waals surface area contributed by atoms with Crippen molar-refractivity contribution >= 4 is 0 Å². The van der Waals surface area contributed by atoms with Crippen LogP contribution >= 0.6 is 0 Å². The van der Waals surface area contributed by atoms with Gasteiger partial charge in [-0.05, 0) is 26.7 Å².